The van der Waals surface area contributed by atoms with E-state index >= 15 is 0 Å². The van der Waals surface area contributed by atoms with E-state index in [4.69, 9.17) is 16.3 Å². The summed E-state index contributed by atoms with van der Waals surface area (Å²) in [6.07, 6.45) is 5.92. The Morgan fingerprint density at radius 1 is 1.38 bits per heavy atom. The second kappa shape index (κ2) is 7.00. The number of carbonyl (C=O) groups excluding carboxylic acids is 1. The zero-order chi connectivity index (χ0) is 17.1. The van der Waals surface area contributed by atoms with Crippen LogP contribution in [0.3, 0.4) is 0 Å². The molecule has 24 heavy (non-hydrogen) atoms. The number of hydrogen-bond acceptors (Lipinski definition) is 5. The number of aryl methyl sites for hydroxylation is 1. The third-order valence-electron chi connectivity index (χ3n) is 3.89. The molecule has 8 heteroatoms. The van der Waals surface area contributed by atoms with Crippen molar-refractivity contribution in [3.63, 3.8) is 0 Å². The molecule has 2 aromatic heterocycles. The maximum Gasteiger partial charge on any atom is 0.316 e. The van der Waals surface area contributed by atoms with E-state index in [0.29, 0.717) is 18.1 Å². The van der Waals surface area contributed by atoms with E-state index in [9.17, 15) is 9.59 Å². The van der Waals surface area contributed by atoms with Crippen LogP contribution in [-0.4, -0.2) is 44.5 Å². The number of aromatic nitrogens is 3. The molecule has 0 spiro atoms. The van der Waals surface area contributed by atoms with Gasteiger partial charge in [-0.15, -0.1) is 0 Å². The first kappa shape index (κ1) is 16.4. The molecule has 1 fully saturated rings. The minimum atomic E-state index is -0.299. The lowest BCUT2D eigenvalue weighted by atomic mass is 10.1. The van der Waals surface area contributed by atoms with Crippen LogP contribution in [0.5, 0.6) is 6.01 Å². The molecule has 3 heterocycles. The monoisotopic (exact) mass is 348 g/mol. The third-order valence-corrected chi connectivity index (χ3v) is 4.08. The van der Waals surface area contributed by atoms with Crippen LogP contribution in [0.15, 0.2) is 35.5 Å². The Balaban J connectivity index is 1.71. The number of halogens is 1. The number of pyridine rings is 1. The van der Waals surface area contributed by atoms with E-state index < -0.39 is 0 Å². The number of carbonyl (C=O) groups is 1. The van der Waals surface area contributed by atoms with Crippen molar-refractivity contribution in [3.8, 4) is 6.01 Å². The molecular formula is C16H17ClN4O3. The molecule has 7 nitrogen and oxygen atoms in total. The second-order valence-corrected chi connectivity index (χ2v) is 6.09. The Hall–Kier alpha value is -2.41. The average molecular weight is 349 g/mol. The summed E-state index contributed by atoms with van der Waals surface area (Å²) in [5, 5.41) is 0.433. The molecular weight excluding hydrogens is 332 g/mol. The average Bonchev–Trinajstić information content (AvgIpc) is 2.59. The number of rotatable bonds is 3. The summed E-state index contributed by atoms with van der Waals surface area (Å²) in [4.78, 5) is 34.4. The van der Waals surface area contributed by atoms with E-state index in [1.165, 1.54) is 17.0 Å². The smallest absolute Gasteiger partial charge is 0.316 e. The van der Waals surface area contributed by atoms with Gasteiger partial charge in [0.1, 0.15) is 11.7 Å². The molecule has 0 radical (unpaired) electrons. The molecule has 1 atom stereocenters. The van der Waals surface area contributed by atoms with Crippen LogP contribution in [-0.2, 0) is 7.05 Å². The molecule has 1 unspecified atom stereocenters. The molecule has 1 aliphatic rings. The maximum absolute atomic E-state index is 12.6. The molecule has 0 bridgehead atoms. The number of ether oxygens (including phenoxy) is 1. The lowest BCUT2D eigenvalue weighted by Crippen LogP contribution is -2.46. The van der Waals surface area contributed by atoms with Gasteiger partial charge >= 0.3 is 6.01 Å². The number of piperidine rings is 1. The van der Waals surface area contributed by atoms with Gasteiger partial charge in [0.15, 0.2) is 0 Å². The highest BCUT2D eigenvalue weighted by molar-refractivity contribution is 6.30. The van der Waals surface area contributed by atoms with E-state index in [1.807, 2.05) is 0 Å². The zero-order valence-electron chi connectivity index (χ0n) is 13.2. The number of amides is 1. The topological polar surface area (TPSA) is 77.3 Å². The van der Waals surface area contributed by atoms with Crippen molar-refractivity contribution >= 4 is 17.5 Å². The predicted molar refractivity (Wildman–Crippen MR) is 88.3 cm³/mol. The molecule has 3 rings (SSSR count). The van der Waals surface area contributed by atoms with Crippen molar-refractivity contribution in [2.24, 2.45) is 7.05 Å². The Bertz CT molecular complexity index is 791. The summed E-state index contributed by atoms with van der Waals surface area (Å²) in [7, 11) is 1.62. The Labute approximate surface area is 143 Å². The fourth-order valence-electron chi connectivity index (χ4n) is 2.66. The highest BCUT2D eigenvalue weighted by Gasteiger charge is 2.27. The first-order valence-electron chi connectivity index (χ1n) is 7.63. The highest BCUT2D eigenvalue weighted by Crippen LogP contribution is 2.17. The predicted octanol–water partition coefficient (Wildman–Crippen LogP) is 1.51. The summed E-state index contributed by atoms with van der Waals surface area (Å²) in [6.45, 7) is 0.987. The van der Waals surface area contributed by atoms with Crippen molar-refractivity contribution in [1.29, 1.82) is 0 Å². The van der Waals surface area contributed by atoms with Gasteiger partial charge < -0.3 is 14.2 Å². The Kier molecular flexibility index (Phi) is 4.80. The first-order chi connectivity index (χ1) is 11.5. The van der Waals surface area contributed by atoms with Crippen LogP contribution in [0, 0.1) is 0 Å². The Morgan fingerprint density at radius 3 is 2.88 bits per heavy atom. The normalized spacial score (nSPS) is 17.6. The van der Waals surface area contributed by atoms with Gasteiger partial charge in [-0.05, 0) is 25.0 Å². The van der Waals surface area contributed by atoms with Gasteiger partial charge in [-0.2, -0.15) is 0 Å². The first-order valence-corrected chi connectivity index (χ1v) is 8.01. The minimum Gasteiger partial charge on any atom is -0.458 e. The van der Waals surface area contributed by atoms with Crippen molar-refractivity contribution in [2.45, 2.75) is 18.9 Å². The summed E-state index contributed by atoms with van der Waals surface area (Å²) < 4.78 is 7.12. The molecule has 126 valence electrons. The molecule has 1 aliphatic heterocycles. The largest absolute Gasteiger partial charge is 0.458 e. The summed E-state index contributed by atoms with van der Waals surface area (Å²) in [6, 6.07) is 3.47. The van der Waals surface area contributed by atoms with Gasteiger partial charge in [0.25, 0.3) is 11.5 Å². The fraction of sp³-hybridized carbons (Fsp3) is 0.375. The fourth-order valence-corrected chi connectivity index (χ4v) is 2.76. The summed E-state index contributed by atoms with van der Waals surface area (Å²) in [5.74, 6) is -0.276. The van der Waals surface area contributed by atoms with Crippen LogP contribution in [0.25, 0.3) is 0 Å². The number of nitrogens with zero attached hydrogens (tertiary/aromatic N) is 4. The second-order valence-electron chi connectivity index (χ2n) is 5.66. The van der Waals surface area contributed by atoms with Crippen LogP contribution in [0.1, 0.15) is 23.2 Å². The number of likely N-dealkylation sites (tertiary alicyclic amines) is 1. The Morgan fingerprint density at radius 2 is 2.12 bits per heavy atom. The zero-order valence-corrected chi connectivity index (χ0v) is 13.9. The van der Waals surface area contributed by atoms with Crippen LogP contribution < -0.4 is 10.3 Å². The van der Waals surface area contributed by atoms with Crippen molar-refractivity contribution < 1.29 is 9.53 Å². The standard InChI is InChI=1S/C16H17ClN4O3/c1-20-6-3-5-13(14(20)22)15(23)21-7-2-4-12(10-21)24-16-18-8-11(17)9-19-16/h3,5-6,8-9,12H,2,4,7,10H2,1H3. The minimum absolute atomic E-state index is 0.170. The molecule has 0 aromatic carbocycles. The quantitative estimate of drug-likeness (QED) is 0.840. The van der Waals surface area contributed by atoms with Gasteiger partial charge in [0.2, 0.25) is 0 Å². The van der Waals surface area contributed by atoms with Crippen molar-refractivity contribution in [2.75, 3.05) is 13.1 Å². The summed E-state index contributed by atoms with van der Waals surface area (Å²) in [5.41, 5.74) is -0.130. The van der Waals surface area contributed by atoms with Gasteiger partial charge in [-0.1, -0.05) is 11.6 Å². The maximum atomic E-state index is 12.6. The van der Waals surface area contributed by atoms with E-state index in [-0.39, 0.29) is 29.1 Å². The van der Waals surface area contributed by atoms with Crippen molar-refractivity contribution in [1.82, 2.24) is 19.4 Å². The number of hydrogen-bond donors (Lipinski definition) is 0. The molecule has 1 saturated heterocycles. The lowest BCUT2D eigenvalue weighted by molar-refractivity contribution is 0.0514. The molecule has 0 saturated carbocycles. The molecule has 2 aromatic rings. The lowest BCUT2D eigenvalue weighted by Gasteiger charge is -2.32. The summed E-state index contributed by atoms with van der Waals surface area (Å²) >= 11 is 5.75. The van der Waals surface area contributed by atoms with Gasteiger partial charge in [0.05, 0.1) is 24.0 Å². The molecule has 1 amide bonds. The van der Waals surface area contributed by atoms with Crippen LogP contribution in [0.4, 0.5) is 0 Å². The molecule has 0 N–H and O–H groups in total. The SMILES string of the molecule is Cn1cccc(C(=O)N2CCCC(Oc3ncc(Cl)cn3)C2)c1=O. The van der Waals surface area contributed by atoms with Gasteiger partial charge in [0, 0.05) is 19.8 Å². The van der Waals surface area contributed by atoms with E-state index in [2.05, 4.69) is 9.97 Å². The van der Waals surface area contributed by atoms with Crippen LogP contribution >= 0.6 is 11.6 Å². The molecule has 0 aliphatic carbocycles. The highest BCUT2D eigenvalue weighted by atomic mass is 35.5. The van der Waals surface area contributed by atoms with E-state index in [1.54, 1.807) is 30.3 Å². The van der Waals surface area contributed by atoms with Crippen LogP contribution in [0.2, 0.25) is 5.02 Å². The third kappa shape index (κ3) is 3.56. The van der Waals surface area contributed by atoms with Gasteiger partial charge in [-0.25, -0.2) is 9.97 Å². The van der Waals surface area contributed by atoms with Gasteiger partial charge in [-0.3, -0.25) is 9.59 Å². The van der Waals surface area contributed by atoms with Crippen molar-refractivity contribution in [3.05, 3.63) is 51.7 Å². The van der Waals surface area contributed by atoms with E-state index in [0.717, 1.165) is 12.8 Å².